The number of imidazole rings is 1. The highest BCUT2D eigenvalue weighted by atomic mass is 16.5. The highest BCUT2D eigenvalue weighted by molar-refractivity contribution is 5.41. The predicted octanol–water partition coefficient (Wildman–Crippen LogP) is 1.52. The average Bonchev–Trinajstić information content (AvgIpc) is 3.02. The number of piperidine rings is 1. The first-order valence-corrected chi connectivity index (χ1v) is 6.45. The highest BCUT2D eigenvalue weighted by Gasteiger charge is 2.21. The Hall–Kier alpha value is -2.11. The van der Waals surface area contributed by atoms with Crippen molar-refractivity contribution < 1.29 is 4.74 Å². The number of anilines is 1. The molecule has 3 heterocycles. The van der Waals surface area contributed by atoms with Gasteiger partial charge in [0.2, 0.25) is 5.88 Å². The van der Waals surface area contributed by atoms with E-state index in [1.807, 2.05) is 24.8 Å². The van der Waals surface area contributed by atoms with Crippen LogP contribution in [0.5, 0.6) is 5.88 Å². The summed E-state index contributed by atoms with van der Waals surface area (Å²) in [4.78, 5) is 14.7. The number of hydrogen-bond acceptors (Lipinski definition) is 5. The summed E-state index contributed by atoms with van der Waals surface area (Å²) >= 11 is 0. The molecular weight excluding hydrogens is 242 g/mol. The summed E-state index contributed by atoms with van der Waals surface area (Å²) in [6.45, 7) is 1.98. The molecule has 0 saturated carbocycles. The van der Waals surface area contributed by atoms with Crippen LogP contribution >= 0.6 is 0 Å². The zero-order valence-electron chi connectivity index (χ0n) is 10.9. The lowest BCUT2D eigenvalue weighted by Gasteiger charge is -2.33. The van der Waals surface area contributed by atoms with Gasteiger partial charge in [-0.2, -0.15) is 0 Å². The van der Waals surface area contributed by atoms with E-state index in [4.69, 9.17) is 4.74 Å². The number of aromatic nitrogens is 4. The van der Waals surface area contributed by atoms with E-state index in [2.05, 4.69) is 24.4 Å². The fourth-order valence-corrected chi connectivity index (χ4v) is 2.49. The van der Waals surface area contributed by atoms with Gasteiger partial charge in [0, 0.05) is 37.6 Å². The molecule has 1 saturated heterocycles. The van der Waals surface area contributed by atoms with Crippen molar-refractivity contribution in [2.45, 2.75) is 18.9 Å². The van der Waals surface area contributed by atoms with Gasteiger partial charge in [-0.05, 0) is 12.8 Å². The molecule has 2 aromatic rings. The van der Waals surface area contributed by atoms with Gasteiger partial charge in [0.25, 0.3) is 0 Å². The second kappa shape index (κ2) is 5.26. The molecule has 0 aliphatic carbocycles. The highest BCUT2D eigenvalue weighted by Crippen LogP contribution is 2.26. The van der Waals surface area contributed by atoms with Crippen molar-refractivity contribution in [2.75, 3.05) is 25.1 Å². The minimum atomic E-state index is 0.544. The molecule has 100 valence electrons. The Labute approximate surface area is 112 Å². The summed E-state index contributed by atoms with van der Waals surface area (Å²) in [5.41, 5.74) is 0. The summed E-state index contributed by atoms with van der Waals surface area (Å²) in [5.74, 6) is 1.55. The van der Waals surface area contributed by atoms with Crippen LogP contribution in [0.4, 0.5) is 5.82 Å². The summed E-state index contributed by atoms with van der Waals surface area (Å²) in [6.07, 6.45) is 9.52. The second-order valence-electron chi connectivity index (χ2n) is 4.65. The van der Waals surface area contributed by atoms with E-state index in [-0.39, 0.29) is 0 Å². The van der Waals surface area contributed by atoms with Gasteiger partial charge in [0.05, 0.1) is 13.4 Å². The summed E-state index contributed by atoms with van der Waals surface area (Å²) < 4.78 is 7.33. The molecule has 1 fully saturated rings. The van der Waals surface area contributed by atoms with Crippen molar-refractivity contribution in [1.82, 2.24) is 19.5 Å². The Bertz CT molecular complexity index is 520. The summed E-state index contributed by atoms with van der Waals surface area (Å²) in [5, 5.41) is 0. The van der Waals surface area contributed by atoms with Gasteiger partial charge in [-0.3, -0.25) is 0 Å². The summed E-state index contributed by atoms with van der Waals surface area (Å²) in [6, 6.07) is 2.43. The van der Waals surface area contributed by atoms with Gasteiger partial charge in [-0.25, -0.2) is 15.0 Å². The SMILES string of the molecule is COc1cc(N2CCC(n3ccnc3)CC2)ncn1. The number of nitrogens with zero attached hydrogens (tertiary/aromatic N) is 5. The molecule has 6 heteroatoms. The molecule has 1 aliphatic heterocycles. The fourth-order valence-electron chi connectivity index (χ4n) is 2.49. The molecule has 0 spiro atoms. The Kier molecular flexibility index (Phi) is 3.31. The number of rotatable bonds is 3. The van der Waals surface area contributed by atoms with Crippen LogP contribution in [0.2, 0.25) is 0 Å². The molecule has 0 aromatic carbocycles. The average molecular weight is 259 g/mol. The van der Waals surface area contributed by atoms with Crippen LogP contribution in [0.1, 0.15) is 18.9 Å². The third-order valence-corrected chi connectivity index (χ3v) is 3.57. The molecule has 3 rings (SSSR count). The van der Waals surface area contributed by atoms with Crippen molar-refractivity contribution >= 4 is 5.82 Å². The topological polar surface area (TPSA) is 56.1 Å². The molecule has 1 aliphatic rings. The van der Waals surface area contributed by atoms with E-state index in [0.717, 1.165) is 31.7 Å². The lowest BCUT2D eigenvalue weighted by atomic mass is 10.1. The molecule has 0 N–H and O–H groups in total. The normalized spacial score (nSPS) is 16.6. The van der Waals surface area contributed by atoms with Crippen LogP contribution in [0, 0.1) is 0 Å². The van der Waals surface area contributed by atoms with Crippen molar-refractivity contribution in [3.63, 3.8) is 0 Å². The van der Waals surface area contributed by atoms with Gasteiger partial charge in [-0.15, -0.1) is 0 Å². The van der Waals surface area contributed by atoms with E-state index in [1.165, 1.54) is 0 Å². The molecule has 0 bridgehead atoms. The molecule has 0 amide bonds. The predicted molar refractivity (Wildman–Crippen MR) is 71.3 cm³/mol. The van der Waals surface area contributed by atoms with E-state index in [0.29, 0.717) is 11.9 Å². The van der Waals surface area contributed by atoms with E-state index >= 15 is 0 Å². The fraction of sp³-hybridized carbons (Fsp3) is 0.462. The van der Waals surface area contributed by atoms with E-state index in [9.17, 15) is 0 Å². The maximum absolute atomic E-state index is 5.14. The zero-order chi connectivity index (χ0) is 13.1. The number of ether oxygens (including phenoxy) is 1. The molecule has 0 radical (unpaired) electrons. The largest absolute Gasteiger partial charge is 0.481 e. The van der Waals surface area contributed by atoms with Crippen molar-refractivity contribution in [3.8, 4) is 5.88 Å². The molecule has 19 heavy (non-hydrogen) atoms. The van der Waals surface area contributed by atoms with Crippen LogP contribution in [0.25, 0.3) is 0 Å². The quantitative estimate of drug-likeness (QED) is 0.836. The Morgan fingerprint density at radius 2 is 2.11 bits per heavy atom. The van der Waals surface area contributed by atoms with Gasteiger partial charge in [0.15, 0.2) is 0 Å². The van der Waals surface area contributed by atoms with Crippen LogP contribution in [0.3, 0.4) is 0 Å². The smallest absolute Gasteiger partial charge is 0.218 e. The summed E-state index contributed by atoms with van der Waals surface area (Å²) in [7, 11) is 1.62. The molecule has 0 unspecified atom stereocenters. The van der Waals surface area contributed by atoms with E-state index in [1.54, 1.807) is 13.4 Å². The van der Waals surface area contributed by atoms with Gasteiger partial charge >= 0.3 is 0 Å². The molecule has 6 nitrogen and oxygen atoms in total. The van der Waals surface area contributed by atoms with Crippen molar-refractivity contribution in [1.29, 1.82) is 0 Å². The maximum atomic E-state index is 5.14. The Balaban J connectivity index is 1.66. The van der Waals surface area contributed by atoms with Crippen LogP contribution < -0.4 is 9.64 Å². The Morgan fingerprint density at radius 3 is 2.79 bits per heavy atom. The minimum absolute atomic E-state index is 0.544. The van der Waals surface area contributed by atoms with Gasteiger partial charge in [0.1, 0.15) is 12.1 Å². The lowest BCUT2D eigenvalue weighted by molar-refractivity contribution is 0.388. The van der Waals surface area contributed by atoms with Crippen molar-refractivity contribution in [3.05, 3.63) is 31.1 Å². The first-order chi connectivity index (χ1) is 9.36. The van der Waals surface area contributed by atoms with Crippen LogP contribution in [-0.4, -0.2) is 39.7 Å². The van der Waals surface area contributed by atoms with Crippen LogP contribution in [-0.2, 0) is 0 Å². The van der Waals surface area contributed by atoms with E-state index < -0.39 is 0 Å². The lowest BCUT2D eigenvalue weighted by Crippen LogP contribution is -2.34. The number of methoxy groups -OCH3 is 1. The molecular formula is C13H17N5O. The minimum Gasteiger partial charge on any atom is -0.481 e. The van der Waals surface area contributed by atoms with Gasteiger partial charge < -0.3 is 14.2 Å². The zero-order valence-corrected chi connectivity index (χ0v) is 10.9. The maximum Gasteiger partial charge on any atom is 0.218 e. The molecule has 2 aromatic heterocycles. The third-order valence-electron chi connectivity index (χ3n) is 3.57. The monoisotopic (exact) mass is 259 g/mol. The third kappa shape index (κ3) is 2.52. The first kappa shape index (κ1) is 12.0. The molecule has 0 atom stereocenters. The van der Waals surface area contributed by atoms with Crippen molar-refractivity contribution in [2.24, 2.45) is 0 Å². The Morgan fingerprint density at radius 1 is 1.26 bits per heavy atom. The van der Waals surface area contributed by atoms with Crippen LogP contribution in [0.15, 0.2) is 31.1 Å². The second-order valence-corrected chi connectivity index (χ2v) is 4.65. The standard InChI is InChI=1S/C13H17N5O/c1-19-13-8-12(15-9-16-13)17-5-2-11(3-6-17)18-7-4-14-10-18/h4,7-11H,2-3,5-6H2,1H3. The first-order valence-electron chi connectivity index (χ1n) is 6.45. The number of hydrogen-bond donors (Lipinski definition) is 0. The van der Waals surface area contributed by atoms with Gasteiger partial charge in [-0.1, -0.05) is 0 Å².